The summed E-state index contributed by atoms with van der Waals surface area (Å²) in [7, 11) is 1.50. The summed E-state index contributed by atoms with van der Waals surface area (Å²) in [6, 6.07) is 12.4. The van der Waals surface area contributed by atoms with Crippen LogP contribution in [0.2, 0.25) is 5.02 Å². The van der Waals surface area contributed by atoms with Gasteiger partial charge in [0.25, 0.3) is 5.69 Å². The highest BCUT2D eigenvalue weighted by molar-refractivity contribution is 6.30. The number of halogens is 1. The van der Waals surface area contributed by atoms with E-state index in [4.69, 9.17) is 11.6 Å². The summed E-state index contributed by atoms with van der Waals surface area (Å²) in [6.45, 7) is -0.119. The molecule has 0 aliphatic rings. The normalized spacial score (nSPS) is 10.5. The van der Waals surface area contributed by atoms with Crippen LogP contribution in [0.4, 0.5) is 11.4 Å². The molecule has 2 aromatic carbocycles. The number of anilines is 1. The topological polar surface area (TPSA) is 92.6 Å². The summed E-state index contributed by atoms with van der Waals surface area (Å²) in [6.07, 6.45) is 2.83. The van der Waals surface area contributed by atoms with Crippen molar-refractivity contribution in [3.05, 3.63) is 75.3 Å². The Hall–Kier alpha value is -3.19. The number of carbonyl (C=O) groups is 2. The summed E-state index contributed by atoms with van der Waals surface area (Å²) in [5.74, 6) is -0.707. The van der Waals surface area contributed by atoms with E-state index in [2.05, 4.69) is 5.32 Å². The van der Waals surface area contributed by atoms with Crippen molar-refractivity contribution >= 4 is 40.9 Å². The van der Waals surface area contributed by atoms with Gasteiger partial charge in [-0.3, -0.25) is 19.7 Å². The Kier molecular flexibility index (Phi) is 6.46. The lowest BCUT2D eigenvalue weighted by Crippen LogP contribution is -2.33. The number of nitrogens with one attached hydrogen (secondary N) is 1. The van der Waals surface area contributed by atoms with E-state index in [0.29, 0.717) is 16.3 Å². The first-order valence-electron chi connectivity index (χ1n) is 7.58. The van der Waals surface area contributed by atoms with Crippen LogP contribution in [0.3, 0.4) is 0 Å². The monoisotopic (exact) mass is 373 g/mol. The molecule has 0 radical (unpaired) electrons. The lowest BCUT2D eigenvalue weighted by Gasteiger charge is -2.14. The molecule has 0 fully saturated rings. The third-order valence-corrected chi connectivity index (χ3v) is 3.66. The number of rotatable bonds is 6. The first-order valence-corrected chi connectivity index (χ1v) is 7.96. The van der Waals surface area contributed by atoms with Crippen molar-refractivity contribution in [1.29, 1.82) is 0 Å². The molecule has 134 valence electrons. The third-order valence-electron chi connectivity index (χ3n) is 3.41. The molecule has 0 aliphatic carbocycles. The fraction of sp³-hybridized carbons (Fsp3) is 0.111. The molecule has 0 spiro atoms. The molecule has 1 N–H and O–H groups in total. The molecule has 0 atom stereocenters. The minimum Gasteiger partial charge on any atom is -0.333 e. The lowest BCUT2D eigenvalue weighted by atomic mass is 10.2. The molecule has 26 heavy (non-hydrogen) atoms. The van der Waals surface area contributed by atoms with Gasteiger partial charge in [0.1, 0.15) is 0 Å². The maximum atomic E-state index is 12.1. The highest BCUT2D eigenvalue weighted by Crippen LogP contribution is 2.14. The molecule has 0 heterocycles. The SMILES string of the molecule is CN(CC(=O)Nc1ccc(Cl)cc1)C(=O)/C=C/c1ccc([N+](=O)[O-])cc1. The highest BCUT2D eigenvalue weighted by atomic mass is 35.5. The first-order chi connectivity index (χ1) is 12.3. The van der Waals surface area contributed by atoms with E-state index in [-0.39, 0.29) is 24.0 Å². The maximum absolute atomic E-state index is 12.1. The van der Waals surface area contributed by atoms with Gasteiger partial charge >= 0.3 is 0 Å². The zero-order chi connectivity index (χ0) is 19.1. The Balaban J connectivity index is 1.88. The number of nitro benzene ring substituents is 1. The van der Waals surface area contributed by atoms with Gasteiger partial charge in [0.05, 0.1) is 11.5 Å². The van der Waals surface area contributed by atoms with E-state index in [1.807, 2.05) is 0 Å². The van der Waals surface area contributed by atoms with Crippen LogP contribution in [-0.2, 0) is 9.59 Å². The molecule has 0 bridgehead atoms. The number of benzene rings is 2. The average molecular weight is 374 g/mol. The number of non-ortho nitro benzene ring substituents is 1. The zero-order valence-electron chi connectivity index (χ0n) is 13.9. The molecule has 2 aromatic rings. The predicted molar refractivity (Wildman–Crippen MR) is 99.8 cm³/mol. The van der Waals surface area contributed by atoms with Gasteiger partial charge in [-0.15, -0.1) is 0 Å². The fourth-order valence-electron chi connectivity index (χ4n) is 2.03. The minimum absolute atomic E-state index is 0.0236. The molecule has 0 saturated carbocycles. The second kappa shape index (κ2) is 8.77. The van der Waals surface area contributed by atoms with Crippen LogP contribution >= 0.6 is 11.6 Å². The van der Waals surface area contributed by atoms with Crippen LogP contribution in [0.25, 0.3) is 6.08 Å². The number of carbonyl (C=O) groups excluding carboxylic acids is 2. The van der Waals surface area contributed by atoms with E-state index in [1.165, 1.54) is 48.4 Å². The van der Waals surface area contributed by atoms with Crippen molar-refractivity contribution < 1.29 is 14.5 Å². The fourth-order valence-corrected chi connectivity index (χ4v) is 2.15. The number of nitrogens with zero attached hydrogens (tertiary/aromatic N) is 2. The molecule has 2 rings (SSSR count). The van der Waals surface area contributed by atoms with Crippen molar-refractivity contribution in [2.45, 2.75) is 0 Å². The molecule has 0 aliphatic heterocycles. The van der Waals surface area contributed by atoms with Crippen LogP contribution in [0.15, 0.2) is 54.6 Å². The Labute approximate surface area is 155 Å². The molecule has 0 aromatic heterocycles. The van der Waals surface area contributed by atoms with E-state index in [1.54, 1.807) is 24.3 Å². The van der Waals surface area contributed by atoms with Gasteiger partial charge in [0.15, 0.2) is 0 Å². The summed E-state index contributed by atoms with van der Waals surface area (Å²) in [4.78, 5) is 35.4. The van der Waals surface area contributed by atoms with Crippen molar-refractivity contribution in [2.24, 2.45) is 0 Å². The molecule has 2 amide bonds. The van der Waals surface area contributed by atoms with Crippen molar-refractivity contribution in [3.8, 4) is 0 Å². The van der Waals surface area contributed by atoms with Gasteiger partial charge in [0.2, 0.25) is 11.8 Å². The summed E-state index contributed by atoms with van der Waals surface area (Å²) < 4.78 is 0. The van der Waals surface area contributed by atoms with E-state index in [9.17, 15) is 19.7 Å². The third kappa shape index (κ3) is 5.71. The molecule has 0 unspecified atom stereocenters. The highest BCUT2D eigenvalue weighted by Gasteiger charge is 2.11. The Bertz CT molecular complexity index is 833. The van der Waals surface area contributed by atoms with Gasteiger partial charge in [-0.2, -0.15) is 0 Å². The number of nitro groups is 1. The smallest absolute Gasteiger partial charge is 0.269 e. The molecule has 0 saturated heterocycles. The van der Waals surface area contributed by atoms with Crippen LogP contribution < -0.4 is 5.32 Å². The molecule has 8 heteroatoms. The van der Waals surface area contributed by atoms with Crippen molar-refractivity contribution in [2.75, 3.05) is 18.9 Å². The van der Waals surface area contributed by atoms with Crippen LogP contribution in [-0.4, -0.2) is 35.2 Å². The lowest BCUT2D eigenvalue weighted by molar-refractivity contribution is -0.384. The summed E-state index contributed by atoms with van der Waals surface area (Å²) >= 11 is 5.78. The maximum Gasteiger partial charge on any atom is 0.269 e. The average Bonchev–Trinajstić information content (AvgIpc) is 2.61. The second-order valence-corrected chi connectivity index (χ2v) is 5.87. The molecular weight excluding hydrogens is 358 g/mol. The largest absolute Gasteiger partial charge is 0.333 e. The van der Waals surface area contributed by atoms with Gasteiger partial charge < -0.3 is 10.2 Å². The molecule has 7 nitrogen and oxygen atoms in total. The second-order valence-electron chi connectivity index (χ2n) is 5.43. The van der Waals surface area contributed by atoms with Crippen molar-refractivity contribution in [1.82, 2.24) is 4.90 Å². The van der Waals surface area contributed by atoms with E-state index in [0.717, 1.165) is 0 Å². The van der Waals surface area contributed by atoms with Crippen LogP contribution in [0, 0.1) is 10.1 Å². The van der Waals surface area contributed by atoms with Gasteiger partial charge in [0, 0.05) is 36.0 Å². The Morgan fingerprint density at radius 1 is 1.15 bits per heavy atom. The van der Waals surface area contributed by atoms with Gasteiger partial charge in [-0.25, -0.2) is 0 Å². The Morgan fingerprint density at radius 3 is 2.35 bits per heavy atom. The molecular formula is C18H16ClN3O4. The zero-order valence-corrected chi connectivity index (χ0v) is 14.6. The van der Waals surface area contributed by atoms with E-state index >= 15 is 0 Å². The van der Waals surface area contributed by atoms with Crippen molar-refractivity contribution in [3.63, 3.8) is 0 Å². The van der Waals surface area contributed by atoms with Crippen LogP contribution in [0.5, 0.6) is 0 Å². The predicted octanol–water partition coefficient (Wildman–Crippen LogP) is 3.36. The minimum atomic E-state index is -0.494. The quantitative estimate of drug-likeness (QED) is 0.477. The number of likely N-dealkylation sites (N-methyl/N-ethyl adjacent to an activating group) is 1. The first kappa shape index (κ1) is 19.1. The number of amides is 2. The van der Waals surface area contributed by atoms with Crippen LogP contribution in [0.1, 0.15) is 5.56 Å². The van der Waals surface area contributed by atoms with Gasteiger partial charge in [-0.1, -0.05) is 11.6 Å². The van der Waals surface area contributed by atoms with E-state index < -0.39 is 4.92 Å². The standard InChI is InChI=1S/C18H16ClN3O4/c1-21(12-17(23)20-15-7-5-14(19)6-8-15)18(24)11-4-13-2-9-16(10-3-13)22(25)26/h2-11H,12H2,1H3,(H,20,23)/b11-4+. The number of hydrogen-bond acceptors (Lipinski definition) is 4. The Morgan fingerprint density at radius 2 is 1.77 bits per heavy atom. The number of hydrogen-bond donors (Lipinski definition) is 1. The summed E-state index contributed by atoms with van der Waals surface area (Å²) in [5.41, 5.74) is 1.20. The summed E-state index contributed by atoms with van der Waals surface area (Å²) in [5, 5.41) is 13.8. The van der Waals surface area contributed by atoms with Gasteiger partial charge in [-0.05, 0) is 48.0 Å².